The largest absolute Gasteiger partial charge is 0.514 e. The van der Waals surface area contributed by atoms with Crippen LogP contribution in [0, 0.1) is 0 Å². The van der Waals surface area contributed by atoms with Crippen molar-refractivity contribution in [2.24, 2.45) is 0 Å². The third kappa shape index (κ3) is 5.26. The van der Waals surface area contributed by atoms with Crippen molar-refractivity contribution in [2.75, 3.05) is 18.4 Å². The molecule has 0 bridgehead atoms. The molecule has 2 aliphatic rings. The maximum absolute atomic E-state index is 5.64. The van der Waals surface area contributed by atoms with Gasteiger partial charge in [0.15, 0.2) is 5.65 Å². The molecule has 11 heteroatoms. The molecule has 6 radical (unpaired) electrons. The second-order valence-electron chi connectivity index (χ2n) is 7.99. The highest BCUT2D eigenvalue weighted by molar-refractivity contribution is 6.58. The van der Waals surface area contributed by atoms with E-state index in [1.165, 1.54) is 0 Å². The van der Waals surface area contributed by atoms with Gasteiger partial charge >= 0.3 is 0 Å². The standard InChI is InChI=1S/C19H20B3N7O.C2H6/c20-19(21,22)30-15-8-16-25-10-14(29(16)28-17(15)11-3-4-11)13-5-7-24-18(27-13)26-12-2-1-6-23-9-12;1-2/h5,7-8,10-12,23H,1-4,6,9H2,(H,24,26,27);1-2H3. The quantitative estimate of drug-likeness (QED) is 0.582. The predicted molar refractivity (Wildman–Crippen MR) is 127 cm³/mol. The fourth-order valence-corrected chi connectivity index (χ4v) is 3.73. The van der Waals surface area contributed by atoms with Crippen LogP contribution in [0.25, 0.3) is 17.0 Å². The molecule has 2 fully saturated rings. The fraction of sp³-hybridized carbons (Fsp3) is 0.524. The highest BCUT2D eigenvalue weighted by Gasteiger charge is 2.31. The summed E-state index contributed by atoms with van der Waals surface area (Å²) in [6.07, 6.45) is 7.77. The maximum atomic E-state index is 5.64. The Morgan fingerprint density at radius 1 is 1.19 bits per heavy atom. The van der Waals surface area contributed by atoms with E-state index in [-0.39, 0.29) is 0 Å². The van der Waals surface area contributed by atoms with E-state index in [1.54, 1.807) is 23.0 Å². The van der Waals surface area contributed by atoms with E-state index in [2.05, 4.69) is 25.6 Å². The molecule has 5 rings (SSSR count). The number of rotatable bonds is 6. The van der Waals surface area contributed by atoms with E-state index in [1.807, 2.05) is 19.9 Å². The summed E-state index contributed by atoms with van der Waals surface area (Å²) in [6.45, 7) is 5.96. The lowest BCUT2D eigenvalue weighted by Gasteiger charge is -2.24. The van der Waals surface area contributed by atoms with Gasteiger partial charge in [-0.05, 0) is 43.6 Å². The lowest BCUT2D eigenvalue weighted by atomic mass is 9.52. The minimum atomic E-state index is -1.78. The predicted octanol–water partition coefficient (Wildman–Crippen LogP) is 1.75. The van der Waals surface area contributed by atoms with Crippen molar-refractivity contribution in [1.29, 1.82) is 0 Å². The zero-order valence-electron chi connectivity index (χ0n) is 18.6. The molecule has 0 amide bonds. The lowest BCUT2D eigenvalue weighted by molar-refractivity contribution is 0.312. The number of hydrogen-bond donors (Lipinski definition) is 2. The Kier molecular flexibility index (Phi) is 6.74. The van der Waals surface area contributed by atoms with Crippen LogP contribution in [0.4, 0.5) is 5.95 Å². The van der Waals surface area contributed by atoms with E-state index in [4.69, 9.17) is 33.4 Å². The molecule has 0 spiro atoms. The summed E-state index contributed by atoms with van der Waals surface area (Å²) >= 11 is 0. The molecule has 1 atom stereocenters. The summed E-state index contributed by atoms with van der Waals surface area (Å²) in [5, 5.41) is 9.79. The summed E-state index contributed by atoms with van der Waals surface area (Å²) in [5.41, 5.74) is 2.87. The van der Waals surface area contributed by atoms with Gasteiger partial charge in [-0.1, -0.05) is 13.8 Å². The van der Waals surface area contributed by atoms with E-state index in [0.29, 0.717) is 29.3 Å². The first-order valence-electron chi connectivity index (χ1n) is 11.2. The number of aromatic nitrogens is 5. The molecule has 0 aromatic carbocycles. The van der Waals surface area contributed by atoms with Crippen molar-refractivity contribution in [2.45, 2.75) is 56.8 Å². The van der Waals surface area contributed by atoms with Crippen molar-refractivity contribution in [3.05, 3.63) is 30.2 Å². The SMILES string of the molecule is CC.[B]C([B])([B])Oc1cc2ncc(-c3ccnc(NC4CCCNC4)n3)n2nc1C1CC1. The van der Waals surface area contributed by atoms with Gasteiger partial charge in [0.05, 0.1) is 11.9 Å². The third-order valence-corrected chi connectivity index (χ3v) is 5.28. The number of ether oxygens (including phenoxy) is 1. The molecule has 4 heterocycles. The van der Waals surface area contributed by atoms with Crippen LogP contribution in [-0.2, 0) is 0 Å². The van der Waals surface area contributed by atoms with Crippen LogP contribution in [0.1, 0.15) is 51.1 Å². The lowest BCUT2D eigenvalue weighted by Crippen LogP contribution is -2.38. The van der Waals surface area contributed by atoms with E-state index in [9.17, 15) is 0 Å². The molecule has 160 valence electrons. The van der Waals surface area contributed by atoms with E-state index < -0.39 is 5.30 Å². The van der Waals surface area contributed by atoms with Crippen LogP contribution >= 0.6 is 0 Å². The van der Waals surface area contributed by atoms with Crippen molar-refractivity contribution < 1.29 is 4.74 Å². The van der Waals surface area contributed by atoms with Gasteiger partial charge < -0.3 is 15.4 Å². The Hall–Kier alpha value is -2.55. The number of fused-ring (bicyclic) bond motifs is 1. The average Bonchev–Trinajstić information content (AvgIpc) is 3.54. The summed E-state index contributed by atoms with van der Waals surface area (Å²) in [6, 6.07) is 3.93. The smallest absolute Gasteiger partial charge is 0.223 e. The van der Waals surface area contributed by atoms with Crippen LogP contribution in [0.2, 0.25) is 0 Å². The van der Waals surface area contributed by atoms with Gasteiger partial charge in [0.25, 0.3) is 0 Å². The molecule has 3 aromatic rings. The van der Waals surface area contributed by atoms with Gasteiger partial charge in [-0.15, -0.1) is 0 Å². The maximum Gasteiger partial charge on any atom is 0.223 e. The molecule has 2 N–H and O–H groups in total. The van der Waals surface area contributed by atoms with Crippen molar-refractivity contribution in [3.8, 4) is 17.1 Å². The molecule has 1 aliphatic carbocycles. The number of nitrogens with zero attached hydrogens (tertiary/aromatic N) is 5. The molecule has 8 nitrogen and oxygen atoms in total. The molecular formula is C21H26B3N7O. The summed E-state index contributed by atoms with van der Waals surface area (Å²) in [7, 11) is 16.9. The van der Waals surface area contributed by atoms with Crippen LogP contribution in [0.15, 0.2) is 24.5 Å². The highest BCUT2D eigenvalue weighted by atomic mass is 16.5. The summed E-state index contributed by atoms with van der Waals surface area (Å²) in [4.78, 5) is 13.5. The molecule has 1 unspecified atom stereocenters. The van der Waals surface area contributed by atoms with Crippen molar-refractivity contribution in [3.63, 3.8) is 0 Å². The van der Waals surface area contributed by atoms with Gasteiger partial charge in [-0.2, -0.15) is 5.10 Å². The van der Waals surface area contributed by atoms with Crippen molar-refractivity contribution >= 4 is 35.1 Å². The van der Waals surface area contributed by atoms with E-state index >= 15 is 0 Å². The Morgan fingerprint density at radius 2 is 2.00 bits per heavy atom. The zero-order valence-corrected chi connectivity index (χ0v) is 18.6. The highest BCUT2D eigenvalue weighted by Crippen LogP contribution is 2.43. The fourth-order valence-electron chi connectivity index (χ4n) is 3.73. The minimum absolute atomic E-state index is 0.295. The first kappa shape index (κ1) is 22.6. The second kappa shape index (κ2) is 9.52. The third-order valence-electron chi connectivity index (χ3n) is 5.28. The topological polar surface area (TPSA) is 89.3 Å². The number of piperidine rings is 1. The Bertz CT molecular complexity index is 1060. The van der Waals surface area contributed by atoms with Gasteiger partial charge in [-0.3, -0.25) is 0 Å². The monoisotopic (exact) mass is 425 g/mol. The minimum Gasteiger partial charge on any atom is -0.514 e. The van der Waals surface area contributed by atoms with Gasteiger partial charge in [0, 0.05) is 30.8 Å². The second-order valence-corrected chi connectivity index (χ2v) is 7.99. The first-order chi connectivity index (χ1) is 15.5. The molecular weight excluding hydrogens is 399 g/mol. The zero-order chi connectivity index (χ0) is 22.7. The molecule has 3 aromatic heterocycles. The number of imidazole rings is 1. The Morgan fingerprint density at radius 3 is 2.69 bits per heavy atom. The van der Waals surface area contributed by atoms with Crippen molar-refractivity contribution in [1.82, 2.24) is 29.9 Å². The number of hydrogen-bond acceptors (Lipinski definition) is 7. The molecule has 1 saturated heterocycles. The summed E-state index contributed by atoms with van der Waals surface area (Å²) < 4.78 is 7.30. The normalized spacial score (nSPS) is 18.6. The van der Waals surface area contributed by atoms with Crippen LogP contribution < -0.4 is 15.4 Å². The number of nitrogens with one attached hydrogen (secondary N) is 2. The number of anilines is 1. The van der Waals surface area contributed by atoms with Crippen LogP contribution in [0.3, 0.4) is 0 Å². The average molecular weight is 425 g/mol. The Balaban J connectivity index is 0.00000119. The van der Waals surface area contributed by atoms with Gasteiger partial charge in [0.1, 0.15) is 40.7 Å². The van der Waals surface area contributed by atoms with Gasteiger partial charge in [0.2, 0.25) is 5.95 Å². The summed E-state index contributed by atoms with van der Waals surface area (Å²) in [5.74, 6) is 1.35. The Labute approximate surface area is 192 Å². The van der Waals surface area contributed by atoms with Crippen LogP contribution in [0.5, 0.6) is 5.75 Å². The van der Waals surface area contributed by atoms with E-state index in [0.717, 1.165) is 55.9 Å². The first-order valence-corrected chi connectivity index (χ1v) is 11.2. The molecule has 1 aliphatic heterocycles. The van der Waals surface area contributed by atoms with Gasteiger partial charge in [-0.25, -0.2) is 19.5 Å². The molecule has 1 saturated carbocycles. The molecule has 32 heavy (non-hydrogen) atoms. The van der Waals surface area contributed by atoms with Crippen LogP contribution in [-0.4, -0.2) is 72.5 Å².